The first kappa shape index (κ1) is 17.1. The number of carbonyl (C=O) groups is 1. The zero-order valence-corrected chi connectivity index (χ0v) is 13.5. The SMILES string of the molecule is CCCCC(CC)COCc1cc(C(=O)NN)sc1C. The highest BCUT2D eigenvalue weighted by Gasteiger charge is 2.12. The summed E-state index contributed by atoms with van der Waals surface area (Å²) < 4.78 is 5.82. The molecule has 5 heteroatoms. The lowest BCUT2D eigenvalue weighted by Gasteiger charge is -2.14. The Balaban J connectivity index is 2.45. The Kier molecular flexibility index (Phi) is 7.80. The number of hydrogen-bond acceptors (Lipinski definition) is 4. The van der Waals surface area contributed by atoms with Gasteiger partial charge in [-0.1, -0.05) is 33.1 Å². The summed E-state index contributed by atoms with van der Waals surface area (Å²) in [4.78, 5) is 13.2. The number of carbonyl (C=O) groups excluding carboxylic acids is 1. The highest BCUT2D eigenvalue weighted by molar-refractivity contribution is 7.14. The van der Waals surface area contributed by atoms with Crippen LogP contribution in [0.1, 0.15) is 59.6 Å². The summed E-state index contributed by atoms with van der Waals surface area (Å²) in [6.45, 7) is 7.80. The topological polar surface area (TPSA) is 64.3 Å². The standard InChI is InChI=1S/C15H26N2O2S/c1-4-6-7-12(5-2)9-19-10-13-8-14(15(18)17-16)20-11(13)3/h8,12H,4-7,9-10,16H2,1-3H3,(H,17,18). The van der Waals surface area contributed by atoms with Crippen LogP contribution in [-0.2, 0) is 11.3 Å². The summed E-state index contributed by atoms with van der Waals surface area (Å²) >= 11 is 1.45. The lowest BCUT2D eigenvalue weighted by Crippen LogP contribution is -2.29. The van der Waals surface area contributed by atoms with Crippen molar-refractivity contribution in [2.24, 2.45) is 11.8 Å². The average Bonchev–Trinajstić information content (AvgIpc) is 2.83. The van der Waals surface area contributed by atoms with E-state index in [0.29, 0.717) is 17.4 Å². The first-order valence-electron chi connectivity index (χ1n) is 7.30. The molecule has 114 valence electrons. The van der Waals surface area contributed by atoms with E-state index in [1.54, 1.807) is 0 Å². The number of hydrazine groups is 1. The number of thiophene rings is 1. The molecular formula is C15H26N2O2S. The maximum Gasteiger partial charge on any atom is 0.275 e. The molecule has 1 amide bonds. The molecule has 0 aliphatic heterocycles. The van der Waals surface area contributed by atoms with Crippen molar-refractivity contribution in [2.45, 2.75) is 53.1 Å². The third kappa shape index (κ3) is 5.23. The zero-order chi connectivity index (χ0) is 15.0. The van der Waals surface area contributed by atoms with E-state index in [2.05, 4.69) is 19.3 Å². The number of rotatable bonds is 9. The molecule has 0 fully saturated rings. The molecule has 0 aliphatic carbocycles. The van der Waals surface area contributed by atoms with Crippen LogP contribution in [0.25, 0.3) is 0 Å². The zero-order valence-electron chi connectivity index (χ0n) is 12.7. The molecule has 1 heterocycles. The van der Waals surface area contributed by atoms with Gasteiger partial charge in [0.05, 0.1) is 11.5 Å². The monoisotopic (exact) mass is 298 g/mol. The summed E-state index contributed by atoms with van der Waals surface area (Å²) in [6.07, 6.45) is 4.89. The number of nitrogen functional groups attached to an aromatic ring is 1. The number of nitrogens with two attached hydrogens (primary N) is 1. The lowest BCUT2D eigenvalue weighted by atomic mass is 10.0. The van der Waals surface area contributed by atoms with Crippen molar-refractivity contribution in [3.8, 4) is 0 Å². The summed E-state index contributed by atoms with van der Waals surface area (Å²) in [7, 11) is 0. The van der Waals surface area contributed by atoms with Crippen LogP contribution in [0.15, 0.2) is 6.07 Å². The number of amides is 1. The summed E-state index contributed by atoms with van der Waals surface area (Å²) in [5.74, 6) is 5.55. The fraction of sp³-hybridized carbons (Fsp3) is 0.667. The second-order valence-corrected chi connectivity index (χ2v) is 6.35. The first-order chi connectivity index (χ1) is 9.62. The predicted octanol–water partition coefficient (Wildman–Crippen LogP) is 3.39. The molecule has 1 unspecified atom stereocenters. The number of ether oxygens (including phenoxy) is 1. The largest absolute Gasteiger partial charge is 0.376 e. The van der Waals surface area contributed by atoms with Crippen LogP contribution >= 0.6 is 11.3 Å². The Bertz CT molecular complexity index is 418. The van der Waals surface area contributed by atoms with Gasteiger partial charge in [0.25, 0.3) is 5.91 Å². The Hall–Kier alpha value is -0.910. The smallest absolute Gasteiger partial charge is 0.275 e. The molecule has 1 rings (SSSR count). The van der Waals surface area contributed by atoms with Gasteiger partial charge in [-0.25, -0.2) is 5.84 Å². The molecule has 0 saturated heterocycles. The summed E-state index contributed by atoms with van der Waals surface area (Å²) in [6, 6.07) is 1.87. The van der Waals surface area contributed by atoms with Crippen LogP contribution in [-0.4, -0.2) is 12.5 Å². The van der Waals surface area contributed by atoms with Crippen LogP contribution in [0.5, 0.6) is 0 Å². The molecular weight excluding hydrogens is 272 g/mol. The van der Waals surface area contributed by atoms with Crippen molar-refractivity contribution in [1.29, 1.82) is 0 Å². The highest BCUT2D eigenvalue weighted by atomic mass is 32.1. The van der Waals surface area contributed by atoms with Gasteiger partial charge in [0, 0.05) is 11.5 Å². The molecule has 20 heavy (non-hydrogen) atoms. The number of nitrogens with one attached hydrogen (secondary N) is 1. The van der Waals surface area contributed by atoms with E-state index in [9.17, 15) is 4.79 Å². The van der Waals surface area contributed by atoms with Gasteiger partial charge in [-0.15, -0.1) is 11.3 Å². The van der Waals surface area contributed by atoms with Crippen LogP contribution in [0.3, 0.4) is 0 Å². The maximum atomic E-state index is 11.5. The van der Waals surface area contributed by atoms with Gasteiger partial charge in [0.2, 0.25) is 0 Å². The van der Waals surface area contributed by atoms with Gasteiger partial charge in [-0.05, 0) is 30.9 Å². The molecule has 0 saturated carbocycles. The second kappa shape index (κ2) is 9.10. The minimum Gasteiger partial charge on any atom is -0.376 e. The molecule has 0 bridgehead atoms. The van der Waals surface area contributed by atoms with Crippen LogP contribution in [0.2, 0.25) is 0 Å². The van der Waals surface area contributed by atoms with E-state index in [4.69, 9.17) is 10.6 Å². The van der Waals surface area contributed by atoms with Gasteiger partial charge in [0.1, 0.15) is 0 Å². The molecule has 3 N–H and O–H groups in total. The van der Waals surface area contributed by atoms with Crippen molar-refractivity contribution in [2.75, 3.05) is 6.61 Å². The van der Waals surface area contributed by atoms with E-state index >= 15 is 0 Å². The lowest BCUT2D eigenvalue weighted by molar-refractivity contribution is 0.0818. The normalized spacial score (nSPS) is 12.4. The van der Waals surface area contributed by atoms with Crippen LogP contribution < -0.4 is 11.3 Å². The number of unbranched alkanes of at least 4 members (excludes halogenated alkanes) is 1. The van der Waals surface area contributed by atoms with Crippen molar-refractivity contribution >= 4 is 17.2 Å². The van der Waals surface area contributed by atoms with E-state index < -0.39 is 0 Å². The minimum absolute atomic E-state index is 0.237. The van der Waals surface area contributed by atoms with E-state index in [0.717, 1.165) is 23.5 Å². The molecule has 0 aliphatic rings. The van der Waals surface area contributed by atoms with Crippen LogP contribution in [0, 0.1) is 12.8 Å². The Morgan fingerprint density at radius 3 is 2.85 bits per heavy atom. The Morgan fingerprint density at radius 2 is 2.25 bits per heavy atom. The molecule has 4 nitrogen and oxygen atoms in total. The molecule has 1 aromatic rings. The van der Waals surface area contributed by atoms with E-state index in [1.165, 1.54) is 30.6 Å². The highest BCUT2D eigenvalue weighted by Crippen LogP contribution is 2.23. The fourth-order valence-electron chi connectivity index (χ4n) is 2.08. The Labute approximate surface area is 125 Å². The summed E-state index contributed by atoms with van der Waals surface area (Å²) in [5, 5.41) is 0. The average molecular weight is 298 g/mol. The quantitative estimate of drug-likeness (QED) is 0.417. The Morgan fingerprint density at radius 1 is 1.50 bits per heavy atom. The third-order valence-electron chi connectivity index (χ3n) is 3.53. The molecule has 0 aromatic carbocycles. The minimum atomic E-state index is -0.237. The third-order valence-corrected chi connectivity index (χ3v) is 4.62. The van der Waals surface area contributed by atoms with Gasteiger partial charge in [0.15, 0.2) is 0 Å². The molecule has 1 aromatic heterocycles. The number of aryl methyl sites for hydroxylation is 1. The van der Waals surface area contributed by atoms with Crippen molar-refractivity contribution in [3.05, 3.63) is 21.4 Å². The molecule has 1 atom stereocenters. The van der Waals surface area contributed by atoms with E-state index in [-0.39, 0.29) is 5.91 Å². The number of hydrogen-bond donors (Lipinski definition) is 2. The van der Waals surface area contributed by atoms with Crippen molar-refractivity contribution < 1.29 is 9.53 Å². The van der Waals surface area contributed by atoms with Crippen LogP contribution in [0.4, 0.5) is 0 Å². The van der Waals surface area contributed by atoms with Gasteiger partial charge in [-0.2, -0.15) is 0 Å². The van der Waals surface area contributed by atoms with Gasteiger partial charge >= 0.3 is 0 Å². The first-order valence-corrected chi connectivity index (χ1v) is 8.11. The maximum absolute atomic E-state index is 11.5. The van der Waals surface area contributed by atoms with E-state index in [1.807, 2.05) is 13.0 Å². The van der Waals surface area contributed by atoms with Gasteiger partial charge < -0.3 is 4.74 Å². The predicted molar refractivity (Wildman–Crippen MR) is 83.7 cm³/mol. The summed E-state index contributed by atoms with van der Waals surface area (Å²) in [5.41, 5.74) is 3.24. The van der Waals surface area contributed by atoms with Crippen molar-refractivity contribution in [3.63, 3.8) is 0 Å². The molecule has 0 spiro atoms. The van der Waals surface area contributed by atoms with Crippen molar-refractivity contribution in [1.82, 2.24) is 5.43 Å². The second-order valence-electron chi connectivity index (χ2n) is 5.10. The fourth-order valence-corrected chi connectivity index (χ4v) is 3.01. The molecule has 0 radical (unpaired) electrons. The van der Waals surface area contributed by atoms with Gasteiger partial charge in [-0.3, -0.25) is 10.2 Å².